The number of ether oxygens (including phenoxy) is 2. The summed E-state index contributed by atoms with van der Waals surface area (Å²) < 4.78 is 11.1. The summed E-state index contributed by atoms with van der Waals surface area (Å²) in [7, 11) is 1.56. The largest absolute Gasteiger partial charge is 0.377 e. The molecule has 1 aromatic carbocycles. The zero-order chi connectivity index (χ0) is 26.9. The van der Waals surface area contributed by atoms with E-state index in [1.54, 1.807) is 12.0 Å². The number of rotatable bonds is 7. The summed E-state index contributed by atoms with van der Waals surface area (Å²) in [5.41, 5.74) is 1.58. The first-order valence-electron chi connectivity index (χ1n) is 13.6. The van der Waals surface area contributed by atoms with E-state index in [4.69, 9.17) is 9.47 Å². The predicted molar refractivity (Wildman–Crippen MR) is 141 cm³/mol. The lowest BCUT2D eigenvalue weighted by Crippen LogP contribution is -2.53. The lowest BCUT2D eigenvalue weighted by Gasteiger charge is -2.34. The van der Waals surface area contributed by atoms with E-state index < -0.39 is 18.2 Å². The van der Waals surface area contributed by atoms with Crippen LogP contribution in [0.15, 0.2) is 24.3 Å². The number of piperidine rings is 1. The Bertz CT molecular complexity index is 978. The number of fused-ring (bicyclic) bond motifs is 1. The van der Waals surface area contributed by atoms with Crippen LogP contribution in [-0.2, 0) is 19.1 Å². The zero-order valence-corrected chi connectivity index (χ0v) is 23.2. The highest BCUT2D eigenvalue weighted by molar-refractivity contribution is 5.99. The second-order valence-electron chi connectivity index (χ2n) is 12.3. The highest BCUT2D eigenvalue weighted by Crippen LogP contribution is 2.32. The van der Waals surface area contributed by atoms with Crippen molar-refractivity contribution in [3.63, 3.8) is 0 Å². The van der Waals surface area contributed by atoms with Crippen LogP contribution in [0.4, 0.5) is 0 Å². The van der Waals surface area contributed by atoms with Gasteiger partial charge in [-0.25, -0.2) is 0 Å². The maximum atomic E-state index is 13.7. The minimum Gasteiger partial charge on any atom is -0.377 e. The number of hydrogen-bond acceptors (Lipinski definition) is 6. The maximum absolute atomic E-state index is 13.7. The third-order valence-corrected chi connectivity index (χ3v) is 8.05. The smallest absolute Gasteiger partial charge is 0.251 e. The summed E-state index contributed by atoms with van der Waals surface area (Å²) in [4.78, 5) is 43.6. The van der Waals surface area contributed by atoms with Gasteiger partial charge in [0.25, 0.3) is 5.91 Å². The van der Waals surface area contributed by atoms with Gasteiger partial charge >= 0.3 is 0 Å². The Balaban J connectivity index is 1.45. The second kappa shape index (κ2) is 11.2. The minimum atomic E-state index is -0.753. The first-order chi connectivity index (χ1) is 17.5. The number of carbonyl (C=O) groups excluding carboxylic acids is 3. The number of hydrogen-bond donors (Lipinski definition) is 1. The molecule has 204 valence electrons. The van der Waals surface area contributed by atoms with E-state index in [1.165, 1.54) is 5.56 Å². The number of likely N-dealkylation sites (tertiary alicyclic amines) is 2. The quantitative estimate of drug-likeness (QED) is 0.603. The Morgan fingerprint density at radius 2 is 1.78 bits per heavy atom. The van der Waals surface area contributed by atoms with Gasteiger partial charge in [0.15, 0.2) is 5.78 Å². The van der Waals surface area contributed by atoms with Crippen molar-refractivity contribution in [2.45, 2.75) is 90.1 Å². The van der Waals surface area contributed by atoms with Crippen LogP contribution >= 0.6 is 0 Å². The monoisotopic (exact) mass is 513 g/mol. The van der Waals surface area contributed by atoms with Crippen LogP contribution in [0.1, 0.15) is 75.7 Å². The van der Waals surface area contributed by atoms with E-state index in [9.17, 15) is 14.4 Å². The summed E-state index contributed by atoms with van der Waals surface area (Å²) in [5.74, 6) is -0.152. The van der Waals surface area contributed by atoms with Crippen molar-refractivity contribution in [1.29, 1.82) is 0 Å². The SMILES string of the molecule is CO[C@H]1CN(C(=O)[C@H](CC(C)(C)C)NC(=O)c2ccc(C3CCN(C(C)C)CC3)cc2)[C@@H]2C(=O)CO[C@H]12. The number of amides is 2. The third-order valence-electron chi connectivity index (χ3n) is 8.05. The van der Waals surface area contributed by atoms with Gasteiger partial charge in [-0.15, -0.1) is 0 Å². The second-order valence-corrected chi connectivity index (χ2v) is 12.3. The number of ketones is 1. The van der Waals surface area contributed by atoms with Crippen molar-refractivity contribution in [2.24, 2.45) is 5.41 Å². The zero-order valence-electron chi connectivity index (χ0n) is 23.2. The summed E-state index contributed by atoms with van der Waals surface area (Å²) in [6.07, 6.45) is 1.88. The van der Waals surface area contributed by atoms with Crippen LogP contribution in [0.3, 0.4) is 0 Å². The standard InChI is InChI=1S/C29H43N3O5/c1-18(2)31-13-11-20(12-14-31)19-7-9-21(10-8-19)27(34)30-22(15-29(3,4)5)28(35)32-16-24(36-6)26-25(32)23(33)17-37-26/h7-10,18,20,22,24-26H,11-17H2,1-6H3,(H,30,34)/t22-,24-,25+,26+/m0/s1. The molecule has 8 heteroatoms. The molecule has 3 saturated heterocycles. The minimum absolute atomic E-state index is 0.0158. The fourth-order valence-electron chi connectivity index (χ4n) is 5.96. The molecule has 0 unspecified atom stereocenters. The van der Waals surface area contributed by atoms with E-state index in [0.29, 0.717) is 23.9 Å². The maximum Gasteiger partial charge on any atom is 0.251 e. The molecule has 1 N–H and O–H groups in total. The molecular formula is C29H43N3O5. The number of carbonyl (C=O) groups is 3. The number of benzene rings is 1. The topological polar surface area (TPSA) is 88.2 Å². The fourth-order valence-corrected chi connectivity index (χ4v) is 5.96. The first kappa shape index (κ1) is 27.7. The Morgan fingerprint density at radius 3 is 2.35 bits per heavy atom. The Hall–Kier alpha value is -2.29. The molecule has 8 nitrogen and oxygen atoms in total. The van der Waals surface area contributed by atoms with Gasteiger partial charge < -0.3 is 24.6 Å². The molecule has 4 atom stereocenters. The highest BCUT2D eigenvalue weighted by atomic mass is 16.5. The molecule has 3 heterocycles. The Kier molecular flexibility index (Phi) is 8.41. The van der Waals surface area contributed by atoms with Crippen molar-refractivity contribution < 1.29 is 23.9 Å². The predicted octanol–water partition coefficient (Wildman–Crippen LogP) is 3.00. The molecule has 0 spiro atoms. The number of methoxy groups -OCH3 is 1. The van der Waals surface area contributed by atoms with Crippen LogP contribution in [-0.4, -0.2) is 91.1 Å². The molecule has 0 saturated carbocycles. The average molecular weight is 514 g/mol. The molecule has 0 aliphatic carbocycles. The molecular weight excluding hydrogens is 470 g/mol. The van der Waals surface area contributed by atoms with Gasteiger partial charge in [-0.1, -0.05) is 32.9 Å². The van der Waals surface area contributed by atoms with Crippen molar-refractivity contribution in [1.82, 2.24) is 15.1 Å². The summed E-state index contributed by atoms with van der Waals surface area (Å²) in [6.45, 7) is 13.0. The Labute approximate surface area is 221 Å². The lowest BCUT2D eigenvalue weighted by atomic mass is 9.87. The summed E-state index contributed by atoms with van der Waals surface area (Å²) >= 11 is 0. The summed E-state index contributed by atoms with van der Waals surface area (Å²) in [6, 6.07) is 6.98. The third kappa shape index (κ3) is 6.24. The van der Waals surface area contributed by atoms with Crippen LogP contribution < -0.4 is 5.32 Å². The van der Waals surface area contributed by atoms with Gasteiger partial charge in [-0.05, 0) is 75.2 Å². The molecule has 3 aliphatic rings. The molecule has 37 heavy (non-hydrogen) atoms. The van der Waals surface area contributed by atoms with Crippen molar-refractivity contribution >= 4 is 17.6 Å². The van der Waals surface area contributed by atoms with Crippen LogP contribution in [0, 0.1) is 5.41 Å². The van der Waals surface area contributed by atoms with Gasteiger partial charge in [0.1, 0.15) is 30.9 Å². The lowest BCUT2D eigenvalue weighted by molar-refractivity contribution is -0.138. The molecule has 1 aromatic rings. The van der Waals surface area contributed by atoms with Crippen molar-refractivity contribution in [3.8, 4) is 0 Å². The van der Waals surface area contributed by atoms with Crippen molar-refractivity contribution in [2.75, 3.05) is 33.4 Å². The van der Waals surface area contributed by atoms with Crippen LogP contribution in [0.5, 0.6) is 0 Å². The normalized spacial score (nSPS) is 26.0. The van der Waals surface area contributed by atoms with Gasteiger partial charge in [0.2, 0.25) is 5.91 Å². The first-order valence-corrected chi connectivity index (χ1v) is 13.6. The number of nitrogens with one attached hydrogen (secondary N) is 1. The molecule has 3 aliphatic heterocycles. The Morgan fingerprint density at radius 1 is 1.14 bits per heavy atom. The molecule has 3 fully saturated rings. The van der Waals surface area contributed by atoms with Crippen LogP contribution in [0.25, 0.3) is 0 Å². The molecule has 0 bridgehead atoms. The van der Waals surface area contributed by atoms with Crippen molar-refractivity contribution in [3.05, 3.63) is 35.4 Å². The van der Waals surface area contributed by atoms with Crippen LogP contribution in [0.2, 0.25) is 0 Å². The highest BCUT2D eigenvalue weighted by Gasteiger charge is 2.53. The van der Waals surface area contributed by atoms with Gasteiger partial charge in [0, 0.05) is 18.7 Å². The molecule has 2 amide bonds. The summed E-state index contributed by atoms with van der Waals surface area (Å²) in [5, 5.41) is 2.98. The average Bonchev–Trinajstić information content (AvgIpc) is 3.42. The van der Waals surface area contributed by atoms with E-state index in [-0.39, 0.29) is 42.3 Å². The number of nitrogens with zero attached hydrogens (tertiary/aromatic N) is 2. The van der Waals surface area contributed by atoms with Gasteiger partial charge in [0.05, 0.1) is 6.54 Å². The van der Waals surface area contributed by atoms with Gasteiger partial charge in [-0.2, -0.15) is 0 Å². The molecule has 0 aromatic heterocycles. The molecule has 0 radical (unpaired) electrons. The molecule has 4 rings (SSSR count). The van der Waals surface area contributed by atoms with E-state index in [0.717, 1.165) is 25.9 Å². The number of Topliss-reactive ketones (excluding diaryl/α,β-unsaturated/α-hetero) is 1. The fraction of sp³-hybridized carbons (Fsp3) is 0.690. The van der Waals surface area contributed by atoms with E-state index >= 15 is 0 Å². The van der Waals surface area contributed by atoms with Gasteiger partial charge in [-0.3, -0.25) is 14.4 Å². The van der Waals surface area contributed by atoms with E-state index in [1.807, 2.05) is 45.0 Å². The van der Waals surface area contributed by atoms with E-state index in [2.05, 4.69) is 24.1 Å².